The molecule has 0 bridgehead atoms. The summed E-state index contributed by atoms with van der Waals surface area (Å²) in [6.07, 6.45) is 1.36. The predicted molar refractivity (Wildman–Crippen MR) is 113 cm³/mol. The quantitative estimate of drug-likeness (QED) is 0.503. The smallest absolute Gasteiger partial charge is 0.174 e. The molecule has 0 radical (unpaired) electrons. The van der Waals surface area contributed by atoms with Gasteiger partial charge in [0.05, 0.1) is 12.0 Å². The third-order valence-electron chi connectivity index (χ3n) is 5.27. The number of fused-ring (bicyclic) bond motifs is 1. The van der Waals surface area contributed by atoms with E-state index in [2.05, 4.69) is 6.58 Å². The van der Waals surface area contributed by atoms with Crippen LogP contribution in [0.1, 0.15) is 67.1 Å². The van der Waals surface area contributed by atoms with Gasteiger partial charge in [-0.25, -0.2) is 0 Å². The molecule has 0 aromatic heterocycles. The summed E-state index contributed by atoms with van der Waals surface area (Å²) in [6, 6.07) is 5.41. The van der Waals surface area contributed by atoms with Crippen LogP contribution in [0.15, 0.2) is 48.1 Å². The van der Waals surface area contributed by atoms with Gasteiger partial charge in [0.1, 0.15) is 40.4 Å². The lowest BCUT2D eigenvalue weighted by Gasteiger charge is -2.31. The molecule has 6 heteroatoms. The van der Waals surface area contributed by atoms with Crippen LogP contribution in [-0.2, 0) is 0 Å². The molecule has 6 nitrogen and oxygen atoms in total. The van der Waals surface area contributed by atoms with Crippen LogP contribution >= 0.6 is 0 Å². The fourth-order valence-electron chi connectivity index (χ4n) is 3.78. The predicted octanol–water partition coefficient (Wildman–Crippen LogP) is 5.23. The number of phenols is 4. The lowest BCUT2D eigenvalue weighted by molar-refractivity contribution is 0.0835. The van der Waals surface area contributed by atoms with Crippen molar-refractivity contribution in [3.05, 3.63) is 64.8 Å². The van der Waals surface area contributed by atoms with Crippen molar-refractivity contribution in [3.63, 3.8) is 0 Å². The second kappa shape index (κ2) is 8.14. The lowest BCUT2D eigenvalue weighted by Crippen LogP contribution is -2.22. The highest BCUT2D eigenvalue weighted by molar-refractivity contribution is 6.03. The van der Waals surface area contributed by atoms with E-state index in [1.165, 1.54) is 18.2 Å². The molecule has 30 heavy (non-hydrogen) atoms. The van der Waals surface area contributed by atoms with Gasteiger partial charge in [-0.15, -0.1) is 0 Å². The van der Waals surface area contributed by atoms with E-state index in [0.29, 0.717) is 12.0 Å². The summed E-state index contributed by atoms with van der Waals surface area (Å²) in [4.78, 5) is 12.9. The first-order chi connectivity index (χ1) is 14.1. The van der Waals surface area contributed by atoms with Gasteiger partial charge in [0.15, 0.2) is 5.78 Å². The van der Waals surface area contributed by atoms with E-state index in [0.717, 1.165) is 17.2 Å². The molecule has 158 valence electrons. The number of carbonyl (C=O) groups is 1. The van der Waals surface area contributed by atoms with Crippen molar-refractivity contribution in [2.24, 2.45) is 0 Å². The first kappa shape index (κ1) is 21.3. The molecule has 0 saturated carbocycles. The Morgan fingerprint density at radius 3 is 2.33 bits per heavy atom. The zero-order valence-electron chi connectivity index (χ0n) is 17.3. The van der Waals surface area contributed by atoms with Gasteiger partial charge in [0, 0.05) is 17.5 Å². The third kappa shape index (κ3) is 3.85. The van der Waals surface area contributed by atoms with E-state index < -0.39 is 11.9 Å². The number of ether oxygens (including phenoxy) is 1. The van der Waals surface area contributed by atoms with Crippen LogP contribution in [-0.4, -0.2) is 26.2 Å². The van der Waals surface area contributed by atoms with Crippen LogP contribution in [0.2, 0.25) is 0 Å². The number of carbonyl (C=O) groups excluding carboxylic acids is 1. The summed E-state index contributed by atoms with van der Waals surface area (Å²) in [5.74, 6) is -1.72. The Hall–Kier alpha value is -3.41. The number of hydrogen-bond donors (Lipinski definition) is 4. The minimum atomic E-state index is -0.972. The number of ketones is 1. The highest BCUT2D eigenvalue weighted by Gasteiger charge is 2.37. The maximum absolute atomic E-state index is 12.9. The Balaban J connectivity index is 2.20. The molecule has 4 N–H and O–H groups in total. The summed E-state index contributed by atoms with van der Waals surface area (Å²) in [7, 11) is 0. The zero-order chi connectivity index (χ0) is 22.2. The lowest BCUT2D eigenvalue weighted by atomic mass is 9.84. The average molecular weight is 410 g/mol. The summed E-state index contributed by atoms with van der Waals surface area (Å²) in [5.41, 5.74) is 2.25. The molecule has 2 unspecified atom stereocenters. The topological polar surface area (TPSA) is 107 Å². The molecule has 1 heterocycles. The van der Waals surface area contributed by atoms with E-state index >= 15 is 0 Å². The number of benzene rings is 2. The van der Waals surface area contributed by atoms with Gasteiger partial charge in [-0.3, -0.25) is 4.79 Å². The highest BCUT2D eigenvalue weighted by atomic mass is 16.5. The fourth-order valence-corrected chi connectivity index (χ4v) is 3.78. The average Bonchev–Trinajstić information content (AvgIpc) is 2.63. The molecule has 2 atom stereocenters. The van der Waals surface area contributed by atoms with Crippen LogP contribution in [0.4, 0.5) is 0 Å². The monoisotopic (exact) mass is 410 g/mol. The minimum Gasteiger partial charge on any atom is -0.507 e. The van der Waals surface area contributed by atoms with Gasteiger partial charge in [0.2, 0.25) is 0 Å². The largest absolute Gasteiger partial charge is 0.507 e. The van der Waals surface area contributed by atoms with Crippen molar-refractivity contribution < 1.29 is 30.0 Å². The molecule has 0 aliphatic carbocycles. The summed E-state index contributed by atoms with van der Waals surface area (Å²) in [6.45, 7) is 9.76. The highest BCUT2D eigenvalue weighted by Crippen LogP contribution is 2.51. The number of rotatable bonds is 5. The Kier molecular flexibility index (Phi) is 5.78. The summed E-state index contributed by atoms with van der Waals surface area (Å²) in [5, 5.41) is 41.5. The van der Waals surface area contributed by atoms with Gasteiger partial charge < -0.3 is 25.2 Å². The molecular formula is C24H26O6. The fraction of sp³-hybridized carbons (Fsp3) is 0.292. The van der Waals surface area contributed by atoms with Crippen molar-refractivity contribution in [2.75, 3.05) is 0 Å². The zero-order valence-corrected chi connectivity index (χ0v) is 17.3. The third-order valence-corrected chi connectivity index (χ3v) is 5.27. The summed E-state index contributed by atoms with van der Waals surface area (Å²) < 4.78 is 6.06. The first-order valence-corrected chi connectivity index (χ1v) is 9.70. The Morgan fingerprint density at radius 1 is 1.13 bits per heavy atom. The van der Waals surface area contributed by atoms with Gasteiger partial charge >= 0.3 is 0 Å². The number of phenolic OH excluding ortho intramolecular Hbond substituents is 4. The number of Topliss-reactive ketones (excluding diaryl/α,β-unsaturated/α-hetero) is 1. The van der Waals surface area contributed by atoms with Gasteiger partial charge in [0.25, 0.3) is 0 Å². The van der Waals surface area contributed by atoms with Crippen molar-refractivity contribution >= 4 is 5.78 Å². The van der Waals surface area contributed by atoms with Crippen LogP contribution < -0.4 is 4.74 Å². The maximum atomic E-state index is 12.9. The molecule has 1 aliphatic heterocycles. The Bertz CT molecular complexity index is 1030. The van der Waals surface area contributed by atoms with E-state index in [9.17, 15) is 25.2 Å². The number of aromatic hydroxyl groups is 4. The SMILES string of the molecule is C=C(C)C(CC=C(C)C)c1c(O)cc(O)c2c1OC(c1c(O)cccc1O)CC2=O. The van der Waals surface area contributed by atoms with Crippen molar-refractivity contribution in [2.45, 2.75) is 45.6 Å². The first-order valence-electron chi connectivity index (χ1n) is 9.70. The van der Waals surface area contributed by atoms with Crippen LogP contribution in [0.5, 0.6) is 28.7 Å². The molecule has 3 rings (SSSR count). The summed E-state index contributed by atoms with van der Waals surface area (Å²) >= 11 is 0. The molecule has 0 amide bonds. The number of hydrogen-bond acceptors (Lipinski definition) is 6. The van der Waals surface area contributed by atoms with E-state index in [4.69, 9.17) is 4.74 Å². The second-order valence-corrected chi connectivity index (χ2v) is 7.89. The maximum Gasteiger partial charge on any atom is 0.174 e. The molecule has 0 spiro atoms. The van der Waals surface area contributed by atoms with Crippen LogP contribution in [0, 0.1) is 0 Å². The second-order valence-electron chi connectivity index (χ2n) is 7.89. The van der Waals surface area contributed by atoms with E-state index in [1.54, 1.807) is 0 Å². The number of allylic oxidation sites excluding steroid dienone is 3. The van der Waals surface area contributed by atoms with Gasteiger partial charge in [-0.1, -0.05) is 29.9 Å². The molecule has 0 fully saturated rings. The van der Waals surface area contributed by atoms with E-state index in [-0.39, 0.29) is 52.2 Å². The van der Waals surface area contributed by atoms with Gasteiger partial charge in [-0.05, 0) is 39.3 Å². The Labute approximate surface area is 175 Å². The van der Waals surface area contributed by atoms with Crippen LogP contribution in [0.3, 0.4) is 0 Å². The van der Waals surface area contributed by atoms with Crippen LogP contribution in [0.25, 0.3) is 0 Å². The van der Waals surface area contributed by atoms with E-state index in [1.807, 2.05) is 26.8 Å². The normalized spacial score (nSPS) is 16.4. The molecule has 2 aromatic rings. The van der Waals surface area contributed by atoms with Crippen molar-refractivity contribution in [3.8, 4) is 28.7 Å². The van der Waals surface area contributed by atoms with Gasteiger partial charge in [-0.2, -0.15) is 0 Å². The minimum absolute atomic E-state index is 0.0163. The Morgan fingerprint density at radius 2 is 1.77 bits per heavy atom. The molecule has 1 aliphatic rings. The van der Waals surface area contributed by atoms with Crippen molar-refractivity contribution in [1.82, 2.24) is 0 Å². The van der Waals surface area contributed by atoms with Crippen molar-refractivity contribution in [1.29, 1.82) is 0 Å². The molecule has 2 aromatic carbocycles. The molecular weight excluding hydrogens is 384 g/mol. The standard InChI is InChI=1S/C24H26O6/c1-12(2)8-9-14(13(3)4)21-17(27)10-18(28)23-19(29)11-20(30-24(21)23)22-15(25)6-5-7-16(22)26/h5-8,10,14,20,25-28H,3,9,11H2,1-2,4H3. The molecule has 0 saturated heterocycles.